The van der Waals surface area contributed by atoms with Gasteiger partial charge in [-0.15, -0.1) is 11.6 Å². The fourth-order valence-electron chi connectivity index (χ4n) is 2.15. The lowest BCUT2D eigenvalue weighted by Crippen LogP contribution is -1.89. The molecule has 0 aliphatic carbocycles. The first kappa shape index (κ1) is 14.7. The van der Waals surface area contributed by atoms with Crippen LogP contribution in [0.4, 0.5) is 0 Å². The Morgan fingerprint density at radius 2 is 1.62 bits per heavy atom. The minimum atomic E-state index is 0.475. The summed E-state index contributed by atoms with van der Waals surface area (Å²) in [6, 6.07) is 17.5. The van der Waals surface area contributed by atoms with Crippen LogP contribution in [0.5, 0.6) is 11.5 Å². The van der Waals surface area contributed by atoms with Gasteiger partial charge in [0.05, 0.1) is 4.47 Å². The molecule has 0 fully saturated rings. The van der Waals surface area contributed by atoms with Crippen LogP contribution >= 0.6 is 39.1 Å². The van der Waals surface area contributed by atoms with E-state index in [0.717, 1.165) is 37.3 Å². The van der Waals surface area contributed by atoms with Gasteiger partial charge in [-0.05, 0) is 45.8 Å². The van der Waals surface area contributed by atoms with E-state index in [2.05, 4.69) is 15.9 Å². The largest absolute Gasteiger partial charge is 0.456 e. The maximum Gasteiger partial charge on any atom is 0.141 e. The third-order valence-corrected chi connectivity index (χ3v) is 4.46. The van der Waals surface area contributed by atoms with Gasteiger partial charge in [0, 0.05) is 21.7 Å². The van der Waals surface area contributed by atoms with Crippen LogP contribution < -0.4 is 4.74 Å². The monoisotopic (exact) mass is 380 g/mol. The number of halogens is 3. The molecular weight excluding hydrogens is 371 g/mol. The van der Waals surface area contributed by atoms with Crippen LogP contribution in [0.3, 0.4) is 0 Å². The molecule has 4 heteroatoms. The number of rotatable bonds is 3. The van der Waals surface area contributed by atoms with E-state index >= 15 is 0 Å². The minimum Gasteiger partial charge on any atom is -0.456 e. The standard InChI is InChI=1S/C17H11BrCl2O/c18-14-9-11(10-19)5-7-17(14)21-16-8-6-15(20)12-3-1-2-4-13(12)16/h1-9H,10H2. The molecule has 0 N–H and O–H groups in total. The quantitative estimate of drug-likeness (QED) is 0.454. The molecule has 0 heterocycles. The van der Waals surface area contributed by atoms with E-state index in [1.54, 1.807) is 0 Å². The fourth-order valence-corrected chi connectivity index (χ4v) is 3.05. The van der Waals surface area contributed by atoms with Crippen molar-refractivity contribution in [3.63, 3.8) is 0 Å². The van der Waals surface area contributed by atoms with Crippen molar-refractivity contribution in [2.75, 3.05) is 0 Å². The van der Waals surface area contributed by atoms with Gasteiger partial charge in [0.1, 0.15) is 11.5 Å². The van der Waals surface area contributed by atoms with Gasteiger partial charge < -0.3 is 4.74 Å². The molecule has 0 amide bonds. The number of hydrogen-bond donors (Lipinski definition) is 0. The van der Waals surface area contributed by atoms with E-state index in [1.165, 1.54) is 0 Å². The Hall–Kier alpha value is -1.22. The molecule has 0 spiro atoms. The molecule has 3 rings (SSSR count). The van der Waals surface area contributed by atoms with E-state index in [4.69, 9.17) is 27.9 Å². The first-order valence-corrected chi connectivity index (χ1v) is 8.09. The van der Waals surface area contributed by atoms with Crippen molar-refractivity contribution >= 4 is 49.9 Å². The zero-order chi connectivity index (χ0) is 14.8. The third-order valence-electron chi connectivity index (χ3n) is 3.20. The first-order chi connectivity index (χ1) is 10.2. The van der Waals surface area contributed by atoms with Gasteiger partial charge in [0.15, 0.2) is 0 Å². The van der Waals surface area contributed by atoms with E-state index in [-0.39, 0.29) is 0 Å². The lowest BCUT2D eigenvalue weighted by atomic mass is 10.1. The van der Waals surface area contributed by atoms with Crippen LogP contribution in [0.2, 0.25) is 5.02 Å². The van der Waals surface area contributed by atoms with Gasteiger partial charge >= 0.3 is 0 Å². The molecular formula is C17H11BrCl2O. The molecule has 0 aliphatic rings. The van der Waals surface area contributed by atoms with Crippen molar-refractivity contribution in [3.05, 3.63) is 69.7 Å². The average Bonchev–Trinajstić information content (AvgIpc) is 2.52. The summed E-state index contributed by atoms with van der Waals surface area (Å²) in [5.74, 6) is 1.99. The SMILES string of the molecule is ClCc1ccc(Oc2ccc(Cl)c3ccccc23)c(Br)c1. The normalized spacial score (nSPS) is 10.8. The summed E-state index contributed by atoms with van der Waals surface area (Å²) in [6.07, 6.45) is 0. The second-order valence-corrected chi connectivity index (χ2v) is 6.12. The van der Waals surface area contributed by atoms with E-state index in [9.17, 15) is 0 Å². The molecule has 0 radical (unpaired) electrons. The van der Waals surface area contributed by atoms with Crippen LogP contribution in [0.25, 0.3) is 10.8 Å². The van der Waals surface area contributed by atoms with Crippen LogP contribution in [-0.4, -0.2) is 0 Å². The summed E-state index contributed by atoms with van der Waals surface area (Å²) in [5.41, 5.74) is 1.04. The molecule has 0 aliphatic heterocycles. The lowest BCUT2D eigenvalue weighted by Gasteiger charge is -2.12. The number of ether oxygens (including phenoxy) is 1. The van der Waals surface area contributed by atoms with Gasteiger partial charge in [-0.3, -0.25) is 0 Å². The molecule has 3 aromatic rings. The molecule has 0 aromatic heterocycles. The smallest absolute Gasteiger partial charge is 0.141 e. The van der Waals surface area contributed by atoms with Crippen molar-refractivity contribution in [2.45, 2.75) is 5.88 Å². The minimum absolute atomic E-state index is 0.475. The fraction of sp³-hybridized carbons (Fsp3) is 0.0588. The number of hydrogen-bond acceptors (Lipinski definition) is 1. The molecule has 0 unspecified atom stereocenters. The number of fused-ring (bicyclic) bond motifs is 1. The predicted octanol–water partition coefficient (Wildman–Crippen LogP) is 6.79. The van der Waals surface area contributed by atoms with Gasteiger partial charge in [0.2, 0.25) is 0 Å². The summed E-state index contributed by atoms with van der Waals surface area (Å²) in [7, 11) is 0. The second kappa shape index (κ2) is 6.27. The highest BCUT2D eigenvalue weighted by Gasteiger charge is 2.09. The Morgan fingerprint density at radius 3 is 2.33 bits per heavy atom. The maximum absolute atomic E-state index is 6.22. The van der Waals surface area contributed by atoms with Crippen molar-refractivity contribution in [1.82, 2.24) is 0 Å². The molecule has 0 bridgehead atoms. The zero-order valence-electron chi connectivity index (χ0n) is 10.9. The summed E-state index contributed by atoms with van der Waals surface area (Å²) in [5, 5.41) is 2.68. The van der Waals surface area contributed by atoms with Gasteiger partial charge in [-0.25, -0.2) is 0 Å². The second-order valence-electron chi connectivity index (χ2n) is 4.59. The molecule has 21 heavy (non-hydrogen) atoms. The van der Waals surface area contributed by atoms with Crippen LogP contribution in [0.15, 0.2) is 59.1 Å². The average molecular weight is 382 g/mol. The molecule has 1 nitrogen and oxygen atoms in total. The Morgan fingerprint density at radius 1 is 0.905 bits per heavy atom. The van der Waals surface area contributed by atoms with Gasteiger partial charge in [0.25, 0.3) is 0 Å². The third kappa shape index (κ3) is 3.03. The van der Waals surface area contributed by atoms with E-state index in [0.29, 0.717) is 5.88 Å². The molecule has 0 saturated carbocycles. The van der Waals surface area contributed by atoms with Crippen LogP contribution in [-0.2, 0) is 5.88 Å². The first-order valence-electron chi connectivity index (χ1n) is 6.38. The van der Waals surface area contributed by atoms with Crippen LogP contribution in [0, 0.1) is 0 Å². The zero-order valence-corrected chi connectivity index (χ0v) is 14.0. The predicted molar refractivity (Wildman–Crippen MR) is 92.7 cm³/mol. The number of benzene rings is 3. The van der Waals surface area contributed by atoms with E-state index < -0.39 is 0 Å². The highest BCUT2D eigenvalue weighted by molar-refractivity contribution is 9.10. The lowest BCUT2D eigenvalue weighted by molar-refractivity contribution is 0.485. The Kier molecular flexibility index (Phi) is 4.39. The number of alkyl halides is 1. The van der Waals surface area contributed by atoms with Crippen molar-refractivity contribution in [3.8, 4) is 11.5 Å². The Labute approximate surface area is 141 Å². The van der Waals surface area contributed by atoms with Crippen LogP contribution in [0.1, 0.15) is 5.56 Å². The summed E-state index contributed by atoms with van der Waals surface area (Å²) in [6.45, 7) is 0. The van der Waals surface area contributed by atoms with Crippen molar-refractivity contribution in [2.24, 2.45) is 0 Å². The summed E-state index contributed by atoms with van der Waals surface area (Å²) < 4.78 is 6.90. The Bertz CT molecular complexity index is 802. The van der Waals surface area contributed by atoms with Gasteiger partial charge in [-0.2, -0.15) is 0 Å². The van der Waals surface area contributed by atoms with Crippen molar-refractivity contribution in [1.29, 1.82) is 0 Å². The maximum atomic E-state index is 6.22. The highest BCUT2D eigenvalue weighted by Crippen LogP contribution is 2.36. The summed E-state index contributed by atoms with van der Waals surface area (Å²) >= 11 is 15.6. The molecule has 106 valence electrons. The van der Waals surface area contributed by atoms with E-state index in [1.807, 2.05) is 54.6 Å². The Balaban J connectivity index is 2.04. The highest BCUT2D eigenvalue weighted by atomic mass is 79.9. The topological polar surface area (TPSA) is 9.23 Å². The molecule has 3 aromatic carbocycles. The van der Waals surface area contributed by atoms with Crippen molar-refractivity contribution < 1.29 is 4.74 Å². The summed E-state index contributed by atoms with van der Waals surface area (Å²) in [4.78, 5) is 0. The van der Waals surface area contributed by atoms with Gasteiger partial charge in [-0.1, -0.05) is 41.9 Å². The molecule has 0 saturated heterocycles. The molecule has 0 atom stereocenters.